The fourth-order valence-corrected chi connectivity index (χ4v) is 0.877. The minimum atomic E-state index is -2.65. The Morgan fingerprint density at radius 1 is 1.73 bits per heavy atom. The van der Waals surface area contributed by atoms with Crippen LogP contribution in [0.5, 0.6) is 0 Å². The molecule has 0 aromatic heterocycles. The third-order valence-electron chi connectivity index (χ3n) is 0.896. The van der Waals surface area contributed by atoms with Crippen LogP contribution >= 0.6 is 8.03 Å². The van der Waals surface area contributed by atoms with E-state index in [1.54, 1.807) is 6.92 Å². The zero-order chi connectivity index (χ0) is 8.85. The Morgan fingerprint density at radius 2 is 2.27 bits per heavy atom. The first-order chi connectivity index (χ1) is 5.07. The summed E-state index contributed by atoms with van der Waals surface area (Å²) >= 11 is 0. The van der Waals surface area contributed by atoms with Gasteiger partial charge in [-0.25, -0.2) is 4.79 Å². The quantitative estimate of drug-likeness (QED) is 0.358. The van der Waals surface area contributed by atoms with Gasteiger partial charge in [-0.15, -0.1) is 0 Å². The highest BCUT2D eigenvalue weighted by Gasteiger charge is 2.07. The second-order valence-electron chi connectivity index (χ2n) is 1.82. The monoisotopic (exact) mass is 176 g/mol. The zero-order valence-corrected chi connectivity index (χ0v) is 7.26. The molecule has 0 saturated heterocycles. The summed E-state index contributed by atoms with van der Waals surface area (Å²) in [6.07, 6.45) is 0. The van der Waals surface area contributed by atoms with E-state index in [0.29, 0.717) is 0 Å². The second kappa shape index (κ2) is 4.99. The lowest BCUT2D eigenvalue weighted by Crippen LogP contribution is -2.04. The summed E-state index contributed by atoms with van der Waals surface area (Å²) in [6.45, 7) is 3.30. The normalized spacial score (nSPS) is 12.6. The van der Waals surface area contributed by atoms with Gasteiger partial charge in [-0.1, -0.05) is 4.57 Å². The first-order valence-corrected chi connectivity index (χ1v) is 4.31. The summed E-state index contributed by atoms with van der Waals surface area (Å²) in [6, 6.07) is 0. The van der Waals surface area contributed by atoms with E-state index in [0.717, 1.165) is 5.82 Å². The smallest absolute Gasteiger partial charge is 0.341 e. The molecule has 5 heteroatoms. The topological polar surface area (TPSA) is 66.4 Å². The molecule has 0 aliphatic carbocycles. The van der Waals surface area contributed by atoms with Gasteiger partial charge in [0.15, 0.2) is 5.82 Å². The van der Waals surface area contributed by atoms with Gasteiger partial charge in [0.25, 0.3) is 0 Å². The average Bonchev–Trinajstić information content (AvgIpc) is 1.86. The largest absolute Gasteiger partial charge is 0.591 e. The number of ether oxygens (including phenoxy) is 1. The van der Waals surface area contributed by atoms with E-state index < -0.39 is 14.0 Å². The zero-order valence-electron chi connectivity index (χ0n) is 6.36. The third-order valence-corrected chi connectivity index (χ3v) is 1.49. The van der Waals surface area contributed by atoms with E-state index in [1.165, 1.54) is 6.92 Å². The number of hydrogen-bond donors (Lipinski definition) is 0. The number of hydrogen-bond acceptors (Lipinski definition) is 4. The summed E-state index contributed by atoms with van der Waals surface area (Å²) in [5.41, 5.74) is 0.1000. The predicted octanol–water partition coefficient (Wildman–Crippen LogP) is 0.556. The van der Waals surface area contributed by atoms with Crippen molar-refractivity contribution in [3.05, 3.63) is 11.4 Å². The molecular weight excluding hydrogens is 167 g/mol. The molecule has 0 radical (unpaired) electrons. The van der Waals surface area contributed by atoms with Crippen LogP contribution in [0.4, 0.5) is 0 Å². The Labute approximate surface area is 65.7 Å². The number of esters is 1. The molecule has 0 aromatic rings. The van der Waals surface area contributed by atoms with Crippen molar-refractivity contribution in [2.24, 2.45) is 0 Å². The molecule has 0 rings (SSSR count). The summed E-state index contributed by atoms with van der Waals surface area (Å²) in [7, 11) is -2.65. The molecule has 0 aliphatic heterocycles. The van der Waals surface area contributed by atoms with Crippen LogP contribution in [-0.4, -0.2) is 12.6 Å². The number of rotatable bonds is 3. The maximum atomic E-state index is 10.7. The average molecular weight is 176 g/mol. The van der Waals surface area contributed by atoms with Gasteiger partial charge in [0.05, 0.1) is 12.2 Å². The van der Waals surface area contributed by atoms with Gasteiger partial charge >= 0.3 is 14.0 Å². The van der Waals surface area contributed by atoms with Crippen molar-refractivity contribution in [1.82, 2.24) is 0 Å². The van der Waals surface area contributed by atoms with Gasteiger partial charge in [0, 0.05) is 0 Å². The molecule has 4 nitrogen and oxygen atoms in total. The molecule has 0 bridgehead atoms. The lowest BCUT2D eigenvalue weighted by atomic mass is 10.4. The van der Waals surface area contributed by atoms with Crippen LogP contribution in [0.1, 0.15) is 13.8 Å². The van der Waals surface area contributed by atoms with Gasteiger partial charge in [-0.2, -0.15) is 0 Å². The molecule has 0 aromatic carbocycles. The molecule has 1 atom stereocenters. The lowest BCUT2D eigenvalue weighted by Gasteiger charge is -1.97. The van der Waals surface area contributed by atoms with Crippen molar-refractivity contribution in [1.29, 1.82) is 0 Å². The van der Waals surface area contributed by atoms with Crippen molar-refractivity contribution in [3.8, 4) is 0 Å². The van der Waals surface area contributed by atoms with Crippen LogP contribution in [-0.2, 0) is 14.1 Å². The van der Waals surface area contributed by atoms with Crippen LogP contribution < -0.4 is 4.89 Å². The fourth-order valence-electron chi connectivity index (χ4n) is 0.456. The van der Waals surface area contributed by atoms with Gasteiger partial charge in [0.2, 0.25) is 0 Å². The van der Waals surface area contributed by atoms with Crippen LogP contribution in [0.3, 0.4) is 0 Å². The molecule has 0 heterocycles. The van der Waals surface area contributed by atoms with E-state index in [9.17, 15) is 14.3 Å². The van der Waals surface area contributed by atoms with E-state index in [4.69, 9.17) is 0 Å². The molecule has 0 spiro atoms. The van der Waals surface area contributed by atoms with E-state index in [2.05, 4.69) is 4.74 Å². The molecule has 0 fully saturated rings. The Kier molecular flexibility index (Phi) is 4.66. The maximum absolute atomic E-state index is 10.7. The first-order valence-electron chi connectivity index (χ1n) is 3.07. The van der Waals surface area contributed by atoms with Crippen LogP contribution in [0.2, 0.25) is 0 Å². The van der Waals surface area contributed by atoms with Crippen LogP contribution in [0, 0.1) is 0 Å². The highest BCUT2D eigenvalue weighted by atomic mass is 31.1. The molecular formula is C6H9O4P. The molecule has 11 heavy (non-hydrogen) atoms. The van der Waals surface area contributed by atoms with Crippen molar-refractivity contribution in [2.45, 2.75) is 13.8 Å². The molecule has 1 unspecified atom stereocenters. The molecule has 62 valence electrons. The van der Waals surface area contributed by atoms with Crippen LogP contribution in [0.15, 0.2) is 11.4 Å². The van der Waals surface area contributed by atoms with Crippen molar-refractivity contribution in [3.63, 3.8) is 0 Å². The van der Waals surface area contributed by atoms with Crippen molar-refractivity contribution in [2.75, 3.05) is 6.61 Å². The SMILES string of the molecule is CCOC(=O)C(C)=C[P+](=O)[O-]. The highest BCUT2D eigenvalue weighted by molar-refractivity contribution is 7.40. The fraction of sp³-hybridized carbons (Fsp3) is 0.500. The minimum Gasteiger partial charge on any atom is -0.591 e. The maximum Gasteiger partial charge on any atom is 0.341 e. The Morgan fingerprint density at radius 3 is 2.64 bits per heavy atom. The van der Waals surface area contributed by atoms with E-state index in [-0.39, 0.29) is 12.2 Å². The highest BCUT2D eigenvalue weighted by Crippen LogP contribution is 2.13. The Hall–Kier alpha value is -0.730. The van der Waals surface area contributed by atoms with Gasteiger partial charge < -0.3 is 9.63 Å². The Balaban J connectivity index is 4.12. The van der Waals surface area contributed by atoms with Gasteiger partial charge in [-0.05, 0) is 13.8 Å². The van der Waals surface area contributed by atoms with E-state index in [1.807, 2.05) is 0 Å². The van der Waals surface area contributed by atoms with E-state index >= 15 is 0 Å². The minimum absolute atomic E-state index is 0.1000. The van der Waals surface area contributed by atoms with Crippen molar-refractivity contribution >= 4 is 14.0 Å². The third kappa shape index (κ3) is 4.65. The predicted molar refractivity (Wildman–Crippen MR) is 38.0 cm³/mol. The summed E-state index contributed by atoms with van der Waals surface area (Å²) in [5, 5.41) is 0. The lowest BCUT2D eigenvalue weighted by molar-refractivity contribution is -0.161. The molecule has 0 amide bonds. The number of carbonyl (C=O) groups excluding carboxylic acids is 1. The van der Waals surface area contributed by atoms with Crippen LogP contribution in [0.25, 0.3) is 0 Å². The van der Waals surface area contributed by atoms with Gasteiger partial charge in [-0.3, -0.25) is 0 Å². The summed E-state index contributed by atoms with van der Waals surface area (Å²) < 4.78 is 14.6. The molecule has 0 N–H and O–H groups in total. The molecule has 0 saturated carbocycles. The first kappa shape index (κ1) is 10.3. The Bertz CT molecular complexity index is 197. The summed E-state index contributed by atoms with van der Waals surface area (Å²) in [5.74, 6) is 0.263. The number of carbonyl (C=O) groups is 1. The standard InChI is InChI=1S/C6H9O4P/c1-3-10-6(7)5(2)4-11(8)9/h4H,3H2,1-2H3. The van der Waals surface area contributed by atoms with Gasteiger partial charge in [0.1, 0.15) is 0 Å². The van der Waals surface area contributed by atoms with Crippen molar-refractivity contribution < 1.29 is 19.0 Å². The summed E-state index contributed by atoms with van der Waals surface area (Å²) in [4.78, 5) is 20.8. The molecule has 0 aliphatic rings. The second-order valence-corrected chi connectivity index (χ2v) is 2.65.